The fourth-order valence-corrected chi connectivity index (χ4v) is 3.64. The normalized spacial score (nSPS) is 13.4. The van der Waals surface area contributed by atoms with Crippen molar-refractivity contribution in [3.63, 3.8) is 0 Å². The summed E-state index contributed by atoms with van der Waals surface area (Å²) in [5, 5.41) is 2.81. The number of ether oxygens (including phenoxy) is 2. The van der Waals surface area contributed by atoms with Gasteiger partial charge >= 0.3 is 0 Å². The topological polar surface area (TPSA) is 67.9 Å². The van der Waals surface area contributed by atoms with Gasteiger partial charge in [0.2, 0.25) is 11.8 Å². The summed E-state index contributed by atoms with van der Waals surface area (Å²) in [5.41, 5.74) is 1.74. The second kappa shape index (κ2) is 10.8. The van der Waals surface area contributed by atoms with E-state index in [9.17, 15) is 14.0 Å². The number of likely N-dealkylation sites (N-methyl/N-ethyl adjacent to an activating group) is 1. The zero-order valence-electron chi connectivity index (χ0n) is 18.0. The number of nitrogens with zero attached hydrogens (tertiary/aromatic N) is 1. The van der Waals surface area contributed by atoms with Crippen LogP contribution >= 0.6 is 0 Å². The van der Waals surface area contributed by atoms with Crippen molar-refractivity contribution < 1.29 is 23.5 Å². The summed E-state index contributed by atoms with van der Waals surface area (Å²) < 4.78 is 24.5. The van der Waals surface area contributed by atoms with Crippen molar-refractivity contribution in [1.82, 2.24) is 10.2 Å². The second-order valence-electron chi connectivity index (χ2n) is 7.44. The van der Waals surface area contributed by atoms with Gasteiger partial charge in [-0.15, -0.1) is 0 Å². The Hall–Kier alpha value is -3.09. The molecule has 1 atom stereocenters. The number of aryl methyl sites for hydroxylation is 1. The minimum absolute atomic E-state index is 0.127. The SMILES string of the molecule is CCNC(=O)C(CC)N(Cc1ccc(F)cc1)C(=O)CCc1ccc2c(c1)OCCO2. The Balaban J connectivity index is 1.74. The molecule has 2 aromatic carbocycles. The maximum Gasteiger partial charge on any atom is 0.242 e. The fourth-order valence-electron chi connectivity index (χ4n) is 3.64. The lowest BCUT2D eigenvalue weighted by atomic mass is 10.1. The minimum Gasteiger partial charge on any atom is -0.486 e. The molecule has 1 aliphatic heterocycles. The van der Waals surface area contributed by atoms with Crippen molar-refractivity contribution in [1.29, 1.82) is 0 Å². The molecule has 7 heteroatoms. The quantitative estimate of drug-likeness (QED) is 0.664. The summed E-state index contributed by atoms with van der Waals surface area (Å²) in [6, 6.07) is 11.1. The predicted molar refractivity (Wildman–Crippen MR) is 115 cm³/mol. The van der Waals surface area contributed by atoms with Crippen molar-refractivity contribution in [2.45, 2.75) is 45.7 Å². The van der Waals surface area contributed by atoms with Gasteiger partial charge in [0.15, 0.2) is 11.5 Å². The number of benzene rings is 2. The number of fused-ring (bicyclic) bond motifs is 1. The van der Waals surface area contributed by atoms with E-state index in [1.54, 1.807) is 17.0 Å². The number of halogens is 1. The average Bonchev–Trinajstić information content (AvgIpc) is 2.78. The molecule has 0 bridgehead atoms. The number of nitrogens with one attached hydrogen (secondary N) is 1. The van der Waals surface area contributed by atoms with Crippen molar-refractivity contribution in [2.75, 3.05) is 19.8 Å². The van der Waals surface area contributed by atoms with E-state index in [1.165, 1.54) is 12.1 Å². The van der Waals surface area contributed by atoms with Crippen molar-refractivity contribution in [2.24, 2.45) is 0 Å². The summed E-state index contributed by atoms with van der Waals surface area (Å²) in [6.45, 7) is 5.50. The van der Waals surface area contributed by atoms with Crippen LogP contribution in [-0.2, 0) is 22.6 Å². The van der Waals surface area contributed by atoms with Crippen LogP contribution < -0.4 is 14.8 Å². The summed E-state index contributed by atoms with van der Waals surface area (Å²) in [6.07, 6.45) is 1.25. The molecule has 0 saturated heterocycles. The van der Waals surface area contributed by atoms with Crippen LogP contribution in [0.1, 0.15) is 37.8 Å². The smallest absolute Gasteiger partial charge is 0.242 e. The number of amides is 2. The van der Waals surface area contributed by atoms with Gasteiger partial charge < -0.3 is 19.7 Å². The van der Waals surface area contributed by atoms with Gasteiger partial charge in [0.25, 0.3) is 0 Å². The van der Waals surface area contributed by atoms with Crippen molar-refractivity contribution >= 4 is 11.8 Å². The molecule has 0 fully saturated rings. The molecule has 1 N–H and O–H groups in total. The van der Waals surface area contributed by atoms with E-state index < -0.39 is 6.04 Å². The zero-order valence-corrected chi connectivity index (χ0v) is 18.0. The first kappa shape index (κ1) is 22.6. The van der Waals surface area contributed by atoms with Crippen LogP contribution in [0.2, 0.25) is 0 Å². The zero-order chi connectivity index (χ0) is 22.2. The Labute approximate surface area is 182 Å². The molecule has 2 amide bonds. The Morgan fingerprint density at radius 3 is 2.39 bits per heavy atom. The summed E-state index contributed by atoms with van der Waals surface area (Å²) >= 11 is 0. The lowest BCUT2D eigenvalue weighted by Gasteiger charge is -2.30. The molecule has 1 heterocycles. The van der Waals surface area contributed by atoms with Crippen LogP contribution in [0.5, 0.6) is 11.5 Å². The molecule has 166 valence electrons. The average molecular weight is 429 g/mol. The first-order chi connectivity index (χ1) is 15.0. The van der Waals surface area contributed by atoms with Gasteiger partial charge in [0.05, 0.1) is 0 Å². The molecule has 0 radical (unpaired) electrons. The van der Waals surface area contributed by atoms with E-state index in [-0.39, 0.29) is 30.6 Å². The molecular weight excluding hydrogens is 399 g/mol. The van der Waals surface area contributed by atoms with Gasteiger partial charge in [0, 0.05) is 19.5 Å². The van der Waals surface area contributed by atoms with Crippen LogP contribution in [0.25, 0.3) is 0 Å². The molecule has 2 aromatic rings. The predicted octanol–water partition coefficient (Wildman–Crippen LogP) is 3.47. The molecule has 3 rings (SSSR count). The van der Waals surface area contributed by atoms with E-state index in [1.807, 2.05) is 32.0 Å². The van der Waals surface area contributed by atoms with E-state index in [4.69, 9.17) is 9.47 Å². The summed E-state index contributed by atoms with van der Waals surface area (Å²) in [5.74, 6) is 0.753. The van der Waals surface area contributed by atoms with Crippen LogP contribution in [-0.4, -0.2) is 42.5 Å². The molecule has 0 aromatic heterocycles. The number of carbonyl (C=O) groups excluding carboxylic acids is 2. The standard InChI is InChI=1S/C24H29FN2O4/c1-3-20(24(29)26-4-2)27(16-18-5-9-19(25)10-6-18)23(28)12-8-17-7-11-21-22(15-17)31-14-13-30-21/h5-7,9-11,15,20H,3-4,8,12-14,16H2,1-2H3,(H,26,29). The Kier molecular flexibility index (Phi) is 7.87. The number of hydrogen-bond acceptors (Lipinski definition) is 4. The third kappa shape index (κ3) is 5.96. The van der Waals surface area contributed by atoms with Crippen LogP contribution in [0.15, 0.2) is 42.5 Å². The molecule has 0 aliphatic carbocycles. The third-order valence-corrected chi connectivity index (χ3v) is 5.24. The summed E-state index contributed by atoms with van der Waals surface area (Å²) in [7, 11) is 0. The molecule has 31 heavy (non-hydrogen) atoms. The Bertz CT molecular complexity index is 901. The lowest BCUT2D eigenvalue weighted by Crippen LogP contribution is -2.49. The van der Waals surface area contributed by atoms with Gasteiger partial charge in [0.1, 0.15) is 25.1 Å². The Morgan fingerprint density at radius 2 is 1.71 bits per heavy atom. The fraction of sp³-hybridized carbons (Fsp3) is 0.417. The molecule has 1 unspecified atom stereocenters. The highest BCUT2D eigenvalue weighted by atomic mass is 19.1. The van der Waals surface area contributed by atoms with E-state index >= 15 is 0 Å². The number of hydrogen-bond donors (Lipinski definition) is 1. The van der Waals surface area contributed by atoms with E-state index in [2.05, 4.69) is 5.32 Å². The molecule has 6 nitrogen and oxygen atoms in total. The maximum atomic E-state index is 13.3. The first-order valence-electron chi connectivity index (χ1n) is 10.7. The minimum atomic E-state index is -0.585. The van der Waals surface area contributed by atoms with Crippen LogP contribution in [0, 0.1) is 5.82 Å². The molecular formula is C24H29FN2O4. The van der Waals surface area contributed by atoms with Gasteiger partial charge in [-0.05, 0) is 55.2 Å². The highest BCUT2D eigenvalue weighted by molar-refractivity contribution is 5.87. The number of carbonyl (C=O) groups is 2. The van der Waals surface area contributed by atoms with Gasteiger partial charge in [-0.2, -0.15) is 0 Å². The van der Waals surface area contributed by atoms with E-state index in [0.29, 0.717) is 44.1 Å². The molecule has 1 aliphatic rings. The highest BCUT2D eigenvalue weighted by Crippen LogP contribution is 2.31. The van der Waals surface area contributed by atoms with Gasteiger partial charge in [-0.25, -0.2) is 4.39 Å². The van der Waals surface area contributed by atoms with Crippen molar-refractivity contribution in [3.8, 4) is 11.5 Å². The first-order valence-corrected chi connectivity index (χ1v) is 10.7. The number of rotatable bonds is 9. The summed E-state index contributed by atoms with van der Waals surface area (Å²) in [4.78, 5) is 27.4. The highest BCUT2D eigenvalue weighted by Gasteiger charge is 2.28. The van der Waals surface area contributed by atoms with Crippen LogP contribution in [0.3, 0.4) is 0 Å². The van der Waals surface area contributed by atoms with Crippen LogP contribution in [0.4, 0.5) is 4.39 Å². The van der Waals surface area contributed by atoms with Gasteiger partial charge in [-0.1, -0.05) is 25.1 Å². The lowest BCUT2D eigenvalue weighted by molar-refractivity contribution is -0.141. The van der Waals surface area contributed by atoms with Gasteiger partial charge in [-0.3, -0.25) is 9.59 Å². The maximum absolute atomic E-state index is 13.3. The van der Waals surface area contributed by atoms with E-state index in [0.717, 1.165) is 11.1 Å². The third-order valence-electron chi connectivity index (χ3n) is 5.24. The monoisotopic (exact) mass is 428 g/mol. The second-order valence-corrected chi connectivity index (χ2v) is 7.44. The largest absolute Gasteiger partial charge is 0.486 e. The molecule has 0 saturated carbocycles. The Morgan fingerprint density at radius 1 is 1.03 bits per heavy atom. The molecule has 0 spiro atoms. The van der Waals surface area contributed by atoms with Crippen molar-refractivity contribution in [3.05, 3.63) is 59.4 Å².